The lowest BCUT2D eigenvalue weighted by atomic mass is 10.1. The van der Waals surface area contributed by atoms with Gasteiger partial charge >= 0.3 is 0 Å². The summed E-state index contributed by atoms with van der Waals surface area (Å²) in [6.45, 7) is 2.43. The van der Waals surface area contributed by atoms with Gasteiger partial charge in [-0.25, -0.2) is 12.8 Å². The highest BCUT2D eigenvalue weighted by Gasteiger charge is 2.26. The van der Waals surface area contributed by atoms with Gasteiger partial charge in [-0.15, -0.1) is 0 Å². The molecule has 1 aliphatic heterocycles. The zero-order chi connectivity index (χ0) is 23.3. The third-order valence-electron chi connectivity index (χ3n) is 5.64. The topological polar surface area (TPSA) is 91.6 Å². The van der Waals surface area contributed by atoms with Crippen LogP contribution in [0.25, 0.3) is 0 Å². The fourth-order valence-corrected chi connectivity index (χ4v) is 4.98. The van der Waals surface area contributed by atoms with Gasteiger partial charge in [-0.2, -0.15) is 0 Å². The van der Waals surface area contributed by atoms with Crippen LogP contribution in [0.2, 0.25) is 0 Å². The number of sulfonamides is 1. The number of furan rings is 1. The minimum Gasteiger partial charge on any atom is -0.468 e. The van der Waals surface area contributed by atoms with Crippen molar-refractivity contribution in [2.75, 3.05) is 24.4 Å². The molecule has 9 heteroatoms. The number of hydrogen-bond acceptors (Lipinski definition) is 5. The Balaban J connectivity index is 1.32. The summed E-state index contributed by atoms with van der Waals surface area (Å²) in [5.74, 6) is 0.216. The van der Waals surface area contributed by atoms with Gasteiger partial charge in [-0.3, -0.25) is 14.4 Å². The molecule has 7 nitrogen and oxygen atoms in total. The summed E-state index contributed by atoms with van der Waals surface area (Å²) >= 11 is 0. The number of hydrogen-bond donors (Lipinski definition) is 2. The molecule has 0 spiro atoms. The van der Waals surface area contributed by atoms with E-state index in [0.29, 0.717) is 12.2 Å². The standard InChI is InChI=1S/C24H26FN3O4S/c25-19-7-11-21(12-8-19)33(30,31)27-20-9-5-18(6-10-20)16-24(29)26-17-22(23-4-3-15-32-23)28-13-1-2-14-28/h3-12,15,22,27H,1-2,13-14,16-17H2,(H,26,29). The van der Waals surface area contributed by atoms with E-state index in [0.717, 1.165) is 49.4 Å². The van der Waals surface area contributed by atoms with Gasteiger partial charge in [-0.1, -0.05) is 12.1 Å². The van der Waals surface area contributed by atoms with E-state index in [2.05, 4.69) is 14.9 Å². The van der Waals surface area contributed by atoms with Crippen LogP contribution in [0.3, 0.4) is 0 Å². The minimum absolute atomic E-state index is 0.00898. The molecule has 1 atom stereocenters. The number of amides is 1. The predicted octanol–water partition coefficient (Wildman–Crippen LogP) is 3.72. The maximum Gasteiger partial charge on any atom is 0.261 e. The monoisotopic (exact) mass is 471 g/mol. The summed E-state index contributed by atoms with van der Waals surface area (Å²) in [6, 6.07) is 15.0. The molecule has 2 heterocycles. The first-order valence-corrected chi connectivity index (χ1v) is 12.3. The SMILES string of the molecule is O=C(Cc1ccc(NS(=O)(=O)c2ccc(F)cc2)cc1)NCC(c1ccco1)N1CCCC1. The maximum absolute atomic E-state index is 13.0. The molecule has 3 aromatic rings. The smallest absolute Gasteiger partial charge is 0.261 e. The Morgan fingerprint density at radius 3 is 2.36 bits per heavy atom. The van der Waals surface area contributed by atoms with Gasteiger partial charge < -0.3 is 9.73 Å². The van der Waals surface area contributed by atoms with Crippen molar-refractivity contribution in [3.63, 3.8) is 0 Å². The summed E-state index contributed by atoms with van der Waals surface area (Å²) in [5.41, 5.74) is 1.11. The highest BCUT2D eigenvalue weighted by molar-refractivity contribution is 7.92. The molecule has 0 aliphatic carbocycles. The second-order valence-corrected chi connectivity index (χ2v) is 9.69. The molecule has 4 rings (SSSR count). The second-order valence-electron chi connectivity index (χ2n) is 8.01. The van der Waals surface area contributed by atoms with Gasteiger partial charge in [0.25, 0.3) is 10.0 Å². The molecule has 1 aromatic heterocycles. The number of rotatable bonds is 9. The Hall–Kier alpha value is -3.17. The van der Waals surface area contributed by atoms with E-state index < -0.39 is 15.8 Å². The van der Waals surface area contributed by atoms with Crippen molar-refractivity contribution in [1.82, 2.24) is 10.2 Å². The Morgan fingerprint density at radius 1 is 1.03 bits per heavy atom. The van der Waals surface area contributed by atoms with Crippen LogP contribution in [0.1, 0.15) is 30.2 Å². The zero-order valence-corrected chi connectivity index (χ0v) is 18.9. The lowest BCUT2D eigenvalue weighted by Gasteiger charge is -2.26. The first kappa shape index (κ1) is 23.0. The lowest BCUT2D eigenvalue weighted by molar-refractivity contribution is -0.120. The fourth-order valence-electron chi connectivity index (χ4n) is 3.92. The Labute approximate surface area is 192 Å². The van der Waals surface area contributed by atoms with E-state index in [1.165, 1.54) is 12.1 Å². The molecule has 1 unspecified atom stereocenters. The van der Waals surface area contributed by atoms with Crippen LogP contribution in [-0.2, 0) is 21.2 Å². The molecular formula is C24H26FN3O4S. The number of carbonyl (C=O) groups excluding carboxylic acids is 1. The van der Waals surface area contributed by atoms with Crippen molar-refractivity contribution in [3.05, 3.63) is 84.1 Å². The van der Waals surface area contributed by atoms with E-state index in [4.69, 9.17) is 4.42 Å². The van der Waals surface area contributed by atoms with E-state index in [-0.39, 0.29) is 23.3 Å². The van der Waals surface area contributed by atoms with Crippen LogP contribution in [0.15, 0.2) is 76.2 Å². The van der Waals surface area contributed by atoms with Crippen LogP contribution in [-0.4, -0.2) is 38.9 Å². The summed E-state index contributed by atoms with van der Waals surface area (Å²) in [7, 11) is -3.82. The van der Waals surface area contributed by atoms with Gasteiger partial charge in [0.05, 0.1) is 23.6 Å². The van der Waals surface area contributed by atoms with Gasteiger partial charge in [0.1, 0.15) is 11.6 Å². The minimum atomic E-state index is -3.82. The van der Waals surface area contributed by atoms with Crippen molar-refractivity contribution >= 4 is 21.6 Å². The average molecular weight is 472 g/mol. The van der Waals surface area contributed by atoms with Crippen LogP contribution >= 0.6 is 0 Å². The second kappa shape index (κ2) is 10.2. The van der Waals surface area contributed by atoms with Crippen LogP contribution in [0, 0.1) is 5.82 Å². The van der Waals surface area contributed by atoms with E-state index in [1.807, 2.05) is 12.1 Å². The predicted molar refractivity (Wildman–Crippen MR) is 123 cm³/mol. The molecule has 33 heavy (non-hydrogen) atoms. The first-order valence-electron chi connectivity index (χ1n) is 10.8. The molecule has 0 saturated carbocycles. The lowest BCUT2D eigenvalue weighted by Crippen LogP contribution is -2.37. The first-order chi connectivity index (χ1) is 15.9. The van der Waals surface area contributed by atoms with Crippen molar-refractivity contribution in [1.29, 1.82) is 0 Å². The molecule has 174 valence electrons. The average Bonchev–Trinajstić information content (AvgIpc) is 3.51. The summed E-state index contributed by atoms with van der Waals surface area (Å²) in [5, 5.41) is 2.99. The fraction of sp³-hybridized carbons (Fsp3) is 0.292. The Bertz CT molecular complexity index is 1160. The number of anilines is 1. The summed E-state index contributed by atoms with van der Waals surface area (Å²) in [6.07, 6.45) is 4.10. The largest absolute Gasteiger partial charge is 0.468 e. The third-order valence-corrected chi connectivity index (χ3v) is 7.04. The quantitative estimate of drug-likeness (QED) is 0.496. The van der Waals surface area contributed by atoms with Gasteiger partial charge in [0.15, 0.2) is 0 Å². The van der Waals surface area contributed by atoms with E-state index >= 15 is 0 Å². The van der Waals surface area contributed by atoms with Crippen molar-refractivity contribution in [2.45, 2.75) is 30.2 Å². The Morgan fingerprint density at radius 2 is 1.73 bits per heavy atom. The molecule has 1 fully saturated rings. The number of carbonyl (C=O) groups is 1. The van der Waals surface area contributed by atoms with Crippen molar-refractivity contribution < 1.29 is 22.0 Å². The molecule has 0 radical (unpaired) electrons. The van der Waals surface area contributed by atoms with Crippen molar-refractivity contribution in [3.8, 4) is 0 Å². The van der Waals surface area contributed by atoms with E-state index in [1.54, 1.807) is 30.5 Å². The molecule has 0 bridgehead atoms. The van der Waals surface area contributed by atoms with Gasteiger partial charge in [0.2, 0.25) is 5.91 Å². The molecule has 1 amide bonds. The maximum atomic E-state index is 13.0. The highest BCUT2D eigenvalue weighted by atomic mass is 32.2. The highest BCUT2D eigenvalue weighted by Crippen LogP contribution is 2.25. The van der Waals surface area contributed by atoms with Crippen molar-refractivity contribution in [2.24, 2.45) is 0 Å². The van der Waals surface area contributed by atoms with Gasteiger partial charge in [0, 0.05) is 12.2 Å². The number of nitrogens with one attached hydrogen (secondary N) is 2. The Kier molecular flexibility index (Phi) is 7.10. The van der Waals surface area contributed by atoms with Gasteiger partial charge in [-0.05, 0) is 80.0 Å². The zero-order valence-electron chi connectivity index (χ0n) is 18.0. The summed E-state index contributed by atoms with van der Waals surface area (Å²) < 4.78 is 45.9. The molecule has 2 aromatic carbocycles. The third kappa shape index (κ3) is 6.00. The van der Waals surface area contributed by atoms with Crippen LogP contribution < -0.4 is 10.0 Å². The summed E-state index contributed by atoms with van der Waals surface area (Å²) in [4.78, 5) is 14.8. The normalized spacial score (nSPS) is 15.3. The number of benzene rings is 2. The molecule has 1 saturated heterocycles. The number of halogens is 1. The van der Waals surface area contributed by atoms with Crippen LogP contribution in [0.4, 0.5) is 10.1 Å². The van der Waals surface area contributed by atoms with Crippen LogP contribution in [0.5, 0.6) is 0 Å². The molecule has 1 aliphatic rings. The number of nitrogens with zero attached hydrogens (tertiary/aromatic N) is 1. The van der Waals surface area contributed by atoms with E-state index in [9.17, 15) is 17.6 Å². The molecular weight excluding hydrogens is 445 g/mol. The molecule has 2 N–H and O–H groups in total. The number of likely N-dealkylation sites (tertiary alicyclic amines) is 1.